The fourth-order valence-corrected chi connectivity index (χ4v) is 4.48. The molecule has 0 fully saturated rings. The van der Waals surface area contributed by atoms with Crippen molar-refractivity contribution in [2.75, 3.05) is 0 Å². The van der Waals surface area contributed by atoms with Gasteiger partial charge in [-0.2, -0.15) is 4.99 Å². The van der Waals surface area contributed by atoms with Gasteiger partial charge in [-0.15, -0.1) is 17.8 Å². The fraction of sp³-hybridized carbons (Fsp3) is 0.176. The van der Waals surface area contributed by atoms with Crippen LogP contribution in [0.3, 0.4) is 0 Å². The van der Waals surface area contributed by atoms with Crippen LogP contribution in [0.15, 0.2) is 35.3 Å². The molecule has 6 heteroatoms. The van der Waals surface area contributed by atoms with E-state index in [0.29, 0.717) is 15.7 Å². The number of hydrogen-bond donors (Lipinski definition) is 0. The number of fused-ring (bicyclic) bond motifs is 1. The van der Waals surface area contributed by atoms with Gasteiger partial charge in [0, 0.05) is 4.88 Å². The van der Waals surface area contributed by atoms with E-state index < -0.39 is 0 Å². The molecule has 3 aromatic rings. The predicted octanol–water partition coefficient (Wildman–Crippen LogP) is 4.03. The Balaban J connectivity index is 2.01. The zero-order valence-electron chi connectivity index (χ0n) is 12.4. The van der Waals surface area contributed by atoms with Crippen LogP contribution in [-0.4, -0.2) is 10.5 Å². The Morgan fingerprint density at radius 3 is 2.87 bits per heavy atom. The lowest BCUT2D eigenvalue weighted by atomic mass is 10.2. The van der Waals surface area contributed by atoms with E-state index in [0.717, 1.165) is 20.7 Å². The number of carbonyl (C=O) groups is 1. The summed E-state index contributed by atoms with van der Waals surface area (Å²) in [7, 11) is 0. The average molecular weight is 361 g/mol. The molecular formula is C17H13ClN2OS2. The normalized spacial score (nSPS) is 11.8. The maximum atomic E-state index is 12.2. The highest BCUT2D eigenvalue weighted by Gasteiger charge is 2.09. The molecular weight excluding hydrogens is 348 g/mol. The number of aromatic nitrogens is 1. The lowest BCUT2D eigenvalue weighted by Crippen LogP contribution is -2.16. The maximum absolute atomic E-state index is 12.2. The molecule has 2 heterocycles. The molecule has 0 saturated heterocycles. The van der Waals surface area contributed by atoms with E-state index in [-0.39, 0.29) is 12.3 Å². The highest BCUT2D eigenvalue weighted by molar-refractivity contribution is 7.16. The highest BCUT2D eigenvalue weighted by atomic mass is 35.5. The molecule has 3 nitrogen and oxygen atoms in total. The van der Waals surface area contributed by atoms with Crippen molar-refractivity contribution in [3.8, 4) is 12.3 Å². The van der Waals surface area contributed by atoms with E-state index in [1.54, 1.807) is 6.07 Å². The molecule has 0 aliphatic rings. The summed E-state index contributed by atoms with van der Waals surface area (Å²) in [6.45, 7) is 2.42. The first-order valence-electron chi connectivity index (χ1n) is 6.92. The topological polar surface area (TPSA) is 34.4 Å². The van der Waals surface area contributed by atoms with Gasteiger partial charge < -0.3 is 4.57 Å². The summed E-state index contributed by atoms with van der Waals surface area (Å²) in [5.41, 5.74) is 2.17. The number of thiazole rings is 1. The van der Waals surface area contributed by atoms with Crippen LogP contribution in [0.5, 0.6) is 0 Å². The molecule has 1 amide bonds. The number of terminal acetylenes is 1. The maximum Gasteiger partial charge on any atom is 0.253 e. The van der Waals surface area contributed by atoms with Crippen LogP contribution in [-0.2, 0) is 17.8 Å². The molecule has 0 saturated carbocycles. The lowest BCUT2D eigenvalue weighted by Gasteiger charge is -1.99. The van der Waals surface area contributed by atoms with E-state index in [1.807, 2.05) is 29.7 Å². The van der Waals surface area contributed by atoms with Gasteiger partial charge in [-0.1, -0.05) is 34.9 Å². The third-order valence-electron chi connectivity index (χ3n) is 3.26. The Kier molecular flexibility index (Phi) is 4.67. The SMILES string of the molecule is C#CCn1c(=NC(=O)Cc2ccc(Cl)s2)sc2cc(C)ccc21. The zero-order chi connectivity index (χ0) is 16.4. The van der Waals surface area contributed by atoms with Crippen molar-refractivity contribution in [3.05, 3.63) is 49.9 Å². The summed E-state index contributed by atoms with van der Waals surface area (Å²) in [6, 6.07) is 9.76. The number of carbonyl (C=O) groups excluding carboxylic acids is 1. The van der Waals surface area contributed by atoms with Gasteiger partial charge in [0.25, 0.3) is 5.91 Å². The number of thiophene rings is 1. The Morgan fingerprint density at radius 1 is 1.35 bits per heavy atom. The summed E-state index contributed by atoms with van der Waals surface area (Å²) >= 11 is 8.77. The third kappa shape index (κ3) is 3.56. The third-order valence-corrected chi connectivity index (χ3v) is 5.53. The molecule has 0 aliphatic heterocycles. The molecule has 1 aromatic carbocycles. The second-order valence-corrected chi connectivity index (χ2v) is 7.84. The van der Waals surface area contributed by atoms with Gasteiger partial charge in [0.05, 0.1) is 27.5 Å². The van der Waals surface area contributed by atoms with Crippen LogP contribution < -0.4 is 4.80 Å². The molecule has 0 atom stereocenters. The Bertz CT molecular complexity index is 988. The molecule has 2 aromatic heterocycles. The number of aryl methyl sites for hydroxylation is 1. The van der Waals surface area contributed by atoms with E-state index >= 15 is 0 Å². The standard InChI is InChI=1S/C17H13ClN2OS2/c1-3-8-20-13-6-4-11(2)9-14(13)23-17(20)19-16(21)10-12-5-7-15(18)22-12/h1,4-7,9H,8,10H2,2H3. The molecule has 0 radical (unpaired) electrons. The first-order valence-corrected chi connectivity index (χ1v) is 8.93. The van der Waals surface area contributed by atoms with E-state index in [1.165, 1.54) is 22.7 Å². The number of hydrogen-bond acceptors (Lipinski definition) is 3. The van der Waals surface area contributed by atoms with Crippen LogP contribution in [0.25, 0.3) is 10.2 Å². The van der Waals surface area contributed by atoms with Crippen LogP contribution in [0.2, 0.25) is 4.34 Å². The van der Waals surface area contributed by atoms with Crippen molar-refractivity contribution >= 4 is 50.4 Å². The second kappa shape index (κ2) is 6.71. The number of amides is 1. The summed E-state index contributed by atoms with van der Waals surface area (Å²) < 4.78 is 3.65. The number of nitrogens with zero attached hydrogens (tertiary/aromatic N) is 2. The molecule has 0 N–H and O–H groups in total. The van der Waals surface area contributed by atoms with Crippen molar-refractivity contribution in [1.29, 1.82) is 0 Å². The van der Waals surface area contributed by atoms with Gasteiger partial charge in [-0.25, -0.2) is 0 Å². The van der Waals surface area contributed by atoms with E-state index in [4.69, 9.17) is 18.0 Å². The average Bonchev–Trinajstić information content (AvgIpc) is 3.03. The van der Waals surface area contributed by atoms with Gasteiger partial charge in [-0.3, -0.25) is 4.79 Å². The summed E-state index contributed by atoms with van der Waals surface area (Å²) in [6.07, 6.45) is 5.71. The van der Waals surface area contributed by atoms with Crippen molar-refractivity contribution < 1.29 is 4.79 Å². The van der Waals surface area contributed by atoms with Crippen molar-refractivity contribution in [3.63, 3.8) is 0 Å². The van der Waals surface area contributed by atoms with E-state index in [2.05, 4.69) is 17.0 Å². The fourth-order valence-electron chi connectivity index (χ4n) is 2.25. The largest absolute Gasteiger partial charge is 0.305 e. The number of rotatable bonds is 3. The van der Waals surface area contributed by atoms with Crippen molar-refractivity contribution in [2.24, 2.45) is 4.99 Å². The molecule has 0 unspecified atom stereocenters. The minimum atomic E-state index is -0.197. The monoisotopic (exact) mass is 360 g/mol. The number of halogens is 1. The Morgan fingerprint density at radius 2 is 2.17 bits per heavy atom. The van der Waals surface area contributed by atoms with Crippen LogP contribution >= 0.6 is 34.3 Å². The highest BCUT2D eigenvalue weighted by Crippen LogP contribution is 2.22. The minimum absolute atomic E-state index is 0.197. The first-order chi connectivity index (χ1) is 11.1. The van der Waals surface area contributed by atoms with Gasteiger partial charge >= 0.3 is 0 Å². The van der Waals surface area contributed by atoms with Gasteiger partial charge in [0.1, 0.15) is 0 Å². The zero-order valence-corrected chi connectivity index (χ0v) is 14.8. The van der Waals surface area contributed by atoms with Gasteiger partial charge in [0.2, 0.25) is 0 Å². The minimum Gasteiger partial charge on any atom is -0.305 e. The first kappa shape index (κ1) is 16.0. The molecule has 3 rings (SSSR count). The van der Waals surface area contributed by atoms with Crippen LogP contribution in [0.1, 0.15) is 10.4 Å². The Labute approximate surface area is 146 Å². The van der Waals surface area contributed by atoms with Gasteiger partial charge in [-0.05, 0) is 36.8 Å². The Hall–Kier alpha value is -1.87. The summed E-state index contributed by atoms with van der Waals surface area (Å²) in [5.74, 6) is 2.43. The van der Waals surface area contributed by atoms with Gasteiger partial charge in [0.15, 0.2) is 4.80 Å². The molecule has 23 heavy (non-hydrogen) atoms. The predicted molar refractivity (Wildman–Crippen MR) is 97.0 cm³/mol. The molecule has 0 spiro atoms. The smallest absolute Gasteiger partial charge is 0.253 e. The molecule has 116 valence electrons. The van der Waals surface area contributed by atoms with E-state index in [9.17, 15) is 4.79 Å². The second-order valence-electron chi connectivity index (χ2n) is 5.03. The quantitative estimate of drug-likeness (QED) is 0.649. The van der Waals surface area contributed by atoms with Crippen LogP contribution in [0, 0.1) is 19.3 Å². The summed E-state index contributed by atoms with van der Waals surface area (Å²) in [5, 5.41) is 0. The summed E-state index contributed by atoms with van der Waals surface area (Å²) in [4.78, 5) is 18.0. The lowest BCUT2D eigenvalue weighted by molar-refractivity contribution is -0.117. The van der Waals surface area contributed by atoms with Crippen molar-refractivity contribution in [1.82, 2.24) is 4.57 Å². The van der Waals surface area contributed by atoms with Crippen molar-refractivity contribution in [2.45, 2.75) is 19.9 Å². The number of benzene rings is 1. The molecule has 0 bridgehead atoms. The molecule has 0 aliphatic carbocycles. The van der Waals surface area contributed by atoms with Crippen LogP contribution in [0.4, 0.5) is 0 Å².